The lowest BCUT2D eigenvalue weighted by Crippen LogP contribution is -2.41. The van der Waals surface area contributed by atoms with Gasteiger partial charge in [-0.05, 0) is 18.6 Å². The highest BCUT2D eigenvalue weighted by Gasteiger charge is 2.38. The Bertz CT molecular complexity index is 868. The van der Waals surface area contributed by atoms with Crippen LogP contribution in [-0.4, -0.2) is 38.6 Å². The van der Waals surface area contributed by atoms with Crippen molar-refractivity contribution in [3.63, 3.8) is 0 Å². The van der Waals surface area contributed by atoms with Crippen molar-refractivity contribution in [3.8, 4) is 0 Å². The number of rotatable bonds is 2. The van der Waals surface area contributed by atoms with E-state index in [-0.39, 0.29) is 24.6 Å². The van der Waals surface area contributed by atoms with E-state index < -0.39 is 23.8 Å². The van der Waals surface area contributed by atoms with Crippen LogP contribution in [-0.2, 0) is 9.59 Å². The normalized spacial score (nSPS) is 20.3. The van der Waals surface area contributed by atoms with E-state index in [4.69, 9.17) is 0 Å². The summed E-state index contributed by atoms with van der Waals surface area (Å²) in [5.74, 6) is -1.73. The first-order valence-electron chi connectivity index (χ1n) is 7.29. The lowest BCUT2D eigenvalue weighted by Gasteiger charge is -2.20. The Morgan fingerprint density at radius 3 is 2.33 bits per heavy atom. The van der Waals surface area contributed by atoms with Gasteiger partial charge in [-0.1, -0.05) is 17.3 Å². The number of amides is 4. The second-order valence-electron chi connectivity index (χ2n) is 5.51. The van der Waals surface area contributed by atoms with Crippen LogP contribution in [0.2, 0.25) is 0 Å². The van der Waals surface area contributed by atoms with E-state index in [0.717, 1.165) is 4.90 Å². The number of aromatic nitrogens is 3. The average molecular weight is 325 g/mol. The molecule has 0 radical (unpaired) electrons. The number of fused-ring (bicyclic) bond motifs is 1. The quantitative estimate of drug-likeness (QED) is 0.781. The largest absolute Gasteiger partial charge is 0.295 e. The Hall–Kier alpha value is -3.36. The topological polar surface area (TPSA) is 114 Å². The number of hydrogen-bond donors (Lipinski definition) is 1. The van der Waals surface area contributed by atoms with Crippen molar-refractivity contribution in [2.24, 2.45) is 0 Å². The molecule has 1 saturated heterocycles. The van der Waals surface area contributed by atoms with Gasteiger partial charge >= 0.3 is 0 Å². The molecule has 0 aliphatic carbocycles. The molecular weight excluding hydrogens is 314 g/mol. The maximum atomic E-state index is 12.4. The number of anilines is 1. The molecule has 3 heterocycles. The minimum atomic E-state index is -0.695. The van der Waals surface area contributed by atoms with Gasteiger partial charge in [0.15, 0.2) is 5.82 Å². The molecular formula is C15H11N5O4. The molecule has 9 nitrogen and oxygen atoms in total. The molecule has 2 aliphatic heterocycles. The standard InChI is InChI=1S/C15H11N5O4/c21-12-6-5-10(13(22)16-12)19-7-11(17-18-19)20-14(23)8-3-1-2-4-9(8)15(20)24/h1-4,7,10H,5-6H2,(H,16,21,22). The molecule has 1 unspecified atom stereocenters. The van der Waals surface area contributed by atoms with Crippen molar-refractivity contribution in [1.82, 2.24) is 20.3 Å². The molecule has 2 aromatic rings. The van der Waals surface area contributed by atoms with Crippen molar-refractivity contribution in [2.45, 2.75) is 18.9 Å². The third-order valence-electron chi connectivity index (χ3n) is 4.05. The zero-order valence-electron chi connectivity index (χ0n) is 12.3. The molecule has 1 aromatic carbocycles. The molecule has 24 heavy (non-hydrogen) atoms. The fourth-order valence-corrected chi connectivity index (χ4v) is 2.85. The first-order valence-corrected chi connectivity index (χ1v) is 7.29. The molecule has 0 spiro atoms. The molecule has 1 atom stereocenters. The first-order chi connectivity index (χ1) is 11.6. The fourth-order valence-electron chi connectivity index (χ4n) is 2.85. The molecule has 0 bridgehead atoms. The summed E-state index contributed by atoms with van der Waals surface area (Å²) < 4.78 is 1.26. The zero-order chi connectivity index (χ0) is 16.8. The Balaban J connectivity index is 1.65. The van der Waals surface area contributed by atoms with Crippen LogP contribution in [0.3, 0.4) is 0 Å². The monoisotopic (exact) mass is 325 g/mol. The number of nitrogens with zero attached hydrogens (tertiary/aromatic N) is 4. The number of nitrogens with one attached hydrogen (secondary N) is 1. The average Bonchev–Trinajstić information content (AvgIpc) is 3.12. The highest BCUT2D eigenvalue weighted by atomic mass is 16.2. The molecule has 120 valence electrons. The van der Waals surface area contributed by atoms with Gasteiger partial charge in [-0.3, -0.25) is 24.5 Å². The van der Waals surface area contributed by atoms with Gasteiger partial charge in [0.05, 0.1) is 17.3 Å². The van der Waals surface area contributed by atoms with E-state index in [9.17, 15) is 19.2 Å². The van der Waals surface area contributed by atoms with Gasteiger partial charge in [-0.2, -0.15) is 0 Å². The minimum absolute atomic E-state index is 0.0471. The van der Waals surface area contributed by atoms with Crippen molar-refractivity contribution in [3.05, 3.63) is 41.6 Å². The number of carbonyl (C=O) groups excluding carboxylic acids is 4. The van der Waals surface area contributed by atoms with E-state index in [1.54, 1.807) is 24.3 Å². The van der Waals surface area contributed by atoms with Gasteiger partial charge in [0.25, 0.3) is 17.7 Å². The lowest BCUT2D eigenvalue weighted by atomic mass is 10.1. The molecule has 4 rings (SSSR count). The van der Waals surface area contributed by atoms with Crippen LogP contribution >= 0.6 is 0 Å². The number of hydrogen-bond acceptors (Lipinski definition) is 6. The first kappa shape index (κ1) is 14.2. The van der Waals surface area contributed by atoms with Crippen molar-refractivity contribution in [2.75, 3.05) is 4.90 Å². The van der Waals surface area contributed by atoms with Crippen molar-refractivity contribution >= 4 is 29.4 Å². The molecule has 1 N–H and O–H groups in total. The summed E-state index contributed by atoms with van der Waals surface area (Å²) in [5.41, 5.74) is 0.608. The summed E-state index contributed by atoms with van der Waals surface area (Å²) in [4.78, 5) is 48.8. The highest BCUT2D eigenvalue weighted by molar-refractivity contribution is 6.34. The molecule has 4 amide bonds. The predicted octanol–water partition coefficient (Wildman–Crippen LogP) is 0.0564. The molecule has 0 saturated carbocycles. The molecule has 9 heteroatoms. The van der Waals surface area contributed by atoms with E-state index in [0.29, 0.717) is 11.1 Å². The van der Waals surface area contributed by atoms with E-state index >= 15 is 0 Å². The molecule has 1 fully saturated rings. The summed E-state index contributed by atoms with van der Waals surface area (Å²) in [7, 11) is 0. The lowest BCUT2D eigenvalue weighted by molar-refractivity contribution is -0.136. The van der Waals surface area contributed by atoms with Gasteiger partial charge in [-0.15, -0.1) is 5.10 Å². The van der Waals surface area contributed by atoms with Crippen LogP contribution in [0.4, 0.5) is 5.82 Å². The summed E-state index contributed by atoms with van der Waals surface area (Å²) in [6.45, 7) is 0. The third-order valence-corrected chi connectivity index (χ3v) is 4.05. The smallest absolute Gasteiger partial charge is 0.267 e. The van der Waals surface area contributed by atoms with E-state index in [2.05, 4.69) is 15.6 Å². The fraction of sp³-hybridized carbons (Fsp3) is 0.200. The summed E-state index contributed by atoms with van der Waals surface area (Å²) in [5, 5.41) is 9.91. The number of piperidine rings is 1. The zero-order valence-corrected chi connectivity index (χ0v) is 12.3. The van der Waals surface area contributed by atoms with Crippen LogP contribution in [0.15, 0.2) is 30.5 Å². The predicted molar refractivity (Wildman–Crippen MR) is 79.0 cm³/mol. The maximum absolute atomic E-state index is 12.4. The van der Waals surface area contributed by atoms with Crippen molar-refractivity contribution in [1.29, 1.82) is 0 Å². The van der Waals surface area contributed by atoms with Crippen LogP contribution in [0.25, 0.3) is 0 Å². The van der Waals surface area contributed by atoms with Crippen LogP contribution < -0.4 is 10.2 Å². The highest BCUT2D eigenvalue weighted by Crippen LogP contribution is 2.27. The summed E-state index contributed by atoms with van der Waals surface area (Å²) in [6.07, 6.45) is 1.84. The van der Waals surface area contributed by atoms with E-state index in [1.165, 1.54) is 10.9 Å². The number of carbonyl (C=O) groups is 4. The second-order valence-corrected chi connectivity index (χ2v) is 5.51. The van der Waals surface area contributed by atoms with Crippen LogP contribution in [0.5, 0.6) is 0 Å². The molecule has 1 aromatic heterocycles. The SMILES string of the molecule is O=C1CCC(n2cc(N3C(=O)c4ccccc4C3=O)nn2)C(=O)N1. The van der Waals surface area contributed by atoms with Gasteiger partial charge in [-0.25, -0.2) is 9.58 Å². The van der Waals surface area contributed by atoms with Crippen molar-refractivity contribution < 1.29 is 19.2 Å². The molecule has 2 aliphatic rings. The summed E-state index contributed by atoms with van der Waals surface area (Å²) in [6, 6.07) is 5.79. The second kappa shape index (κ2) is 5.08. The Morgan fingerprint density at radius 1 is 1.04 bits per heavy atom. The van der Waals surface area contributed by atoms with Gasteiger partial charge in [0.2, 0.25) is 5.91 Å². The van der Waals surface area contributed by atoms with Crippen LogP contribution in [0, 0.1) is 0 Å². The van der Waals surface area contributed by atoms with Crippen LogP contribution in [0.1, 0.15) is 39.6 Å². The maximum Gasteiger partial charge on any atom is 0.267 e. The third kappa shape index (κ3) is 2.02. The Labute approximate surface area is 135 Å². The van der Waals surface area contributed by atoms with Gasteiger partial charge in [0.1, 0.15) is 6.04 Å². The number of imide groups is 2. The van der Waals surface area contributed by atoms with Gasteiger partial charge < -0.3 is 0 Å². The Kier molecular flexibility index (Phi) is 3.02. The Morgan fingerprint density at radius 2 is 1.71 bits per heavy atom. The van der Waals surface area contributed by atoms with Gasteiger partial charge in [0, 0.05) is 6.42 Å². The number of benzene rings is 1. The summed E-state index contributed by atoms with van der Waals surface area (Å²) >= 11 is 0. The van der Waals surface area contributed by atoms with E-state index in [1.807, 2.05) is 0 Å². The minimum Gasteiger partial charge on any atom is -0.295 e.